The van der Waals surface area contributed by atoms with Gasteiger partial charge in [-0.05, 0) is 54.2 Å². The quantitative estimate of drug-likeness (QED) is 0.118. The van der Waals surface area contributed by atoms with Crippen molar-refractivity contribution >= 4 is 50.5 Å². The van der Waals surface area contributed by atoms with Gasteiger partial charge in [-0.3, -0.25) is 14.8 Å². The molecule has 0 spiro atoms. The van der Waals surface area contributed by atoms with Crippen LogP contribution in [0.2, 0.25) is 0 Å². The fraction of sp³-hybridized carbons (Fsp3) is 0.161. The van der Waals surface area contributed by atoms with Crippen LogP contribution in [0.4, 0.5) is 14.5 Å². The lowest BCUT2D eigenvalue weighted by molar-refractivity contribution is -0.119. The number of pyridine rings is 2. The van der Waals surface area contributed by atoms with E-state index in [1.165, 1.54) is 47.7 Å². The summed E-state index contributed by atoms with van der Waals surface area (Å²) in [5.41, 5.74) is 3.55. The number of benzene rings is 2. The van der Waals surface area contributed by atoms with Crippen LogP contribution in [-0.4, -0.2) is 41.2 Å². The van der Waals surface area contributed by atoms with Crippen LogP contribution in [0.15, 0.2) is 79.1 Å². The lowest BCUT2D eigenvalue weighted by Gasteiger charge is -2.12. The third-order valence-electron chi connectivity index (χ3n) is 6.21. The Hall–Kier alpha value is -4.36. The van der Waals surface area contributed by atoms with E-state index >= 15 is 4.39 Å². The Bertz CT molecular complexity index is 1730. The summed E-state index contributed by atoms with van der Waals surface area (Å²) in [7, 11) is 1.66. The fourth-order valence-electron chi connectivity index (χ4n) is 4.10. The Labute approximate surface area is 256 Å². The largest absolute Gasteiger partial charge is 0.453 e. The molecule has 0 aliphatic rings. The molecular formula is C31H27F2N5O3S2. The van der Waals surface area contributed by atoms with E-state index < -0.39 is 5.82 Å². The number of thiocarbonyl (C=S) groups is 1. The molecule has 0 bridgehead atoms. The van der Waals surface area contributed by atoms with E-state index in [0.29, 0.717) is 30.2 Å². The van der Waals surface area contributed by atoms with Crippen molar-refractivity contribution < 1.29 is 23.0 Å². The molecule has 1 amide bonds. The molecule has 43 heavy (non-hydrogen) atoms. The number of nitrogens with zero attached hydrogens (tertiary/aromatic N) is 2. The molecule has 3 aromatic heterocycles. The number of thiophene rings is 1. The molecule has 2 aromatic carbocycles. The van der Waals surface area contributed by atoms with Gasteiger partial charge in [0.25, 0.3) is 0 Å². The maximum atomic E-state index is 15.0. The highest BCUT2D eigenvalue weighted by molar-refractivity contribution is 7.80. The molecule has 0 fully saturated rings. The van der Waals surface area contributed by atoms with Crippen molar-refractivity contribution in [1.82, 2.24) is 20.6 Å². The van der Waals surface area contributed by atoms with Crippen LogP contribution < -0.4 is 20.7 Å². The Morgan fingerprint density at radius 3 is 2.58 bits per heavy atom. The third kappa shape index (κ3) is 8.14. The first-order chi connectivity index (χ1) is 20.9. The molecule has 0 saturated heterocycles. The number of hydrogen-bond acceptors (Lipinski definition) is 8. The van der Waals surface area contributed by atoms with Gasteiger partial charge in [0.05, 0.1) is 28.9 Å². The Balaban J connectivity index is 1.22. The van der Waals surface area contributed by atoms with Crippen LogP contribution in [-0.2, 0) is 22.5 Å². The minimum atomic E-state index is -0.619. The monoisotopic (exact) mass is 619 g/mol. The smallest absolute Gasteiger partial charge is 0.230 e. The molecule has 12 heteroatoms. The minimum absolute atomic E-state index is 0.00650. The number of hydrogen-bond donors (Lipinski definition) is 3. The van der Waals surface area contributed by atoms with Crippen molar-refractivity contribution in [3.05, 3.63) is 102 Å². The van der Waals surface area contributed by atoms with Gasteiger partial charge < -0.3 is 25.4 Å². The lowest BCUT2D eigenvalue weighted by Crippen LogP contribution is -2.35. The topological polar surface area (TPSA) is 97.4 Å². The van der Waals surface area contributed by atoms with E-state index in [2.05, 4.69) is 25.9 Å². The van der Waals surface area contributed by atoms with E-state index in [-0.39, 0.29) is 29.0 Å². The predicted molar refractivity (Wildman–Crippen MR) is 167 cm³/mol. The number of amides is 1. The second-order valence-corrected chi connectivity index (χ2v) is 10.9. The van der Waals surface area contributed by atoms with E-state index in [1.54, 1.807) is 25.4 Å². The van der Waals surface area contributed by atoms with E-state index in [4.69, 9.17) is 21.7 Å². The van der Waals surface area contributed by atoms with Gasteiger partial charge in [0, 0.05) is 60.9 Å². The molecule has 0 radical (unpaired) electrons. The normalized spacial score (nSPS) is 11.0. The lowest BCUT2D eigenvalue weighted by atomic mass is 10.1. The van der Waals surface area contributed by atoms with Crippen LogP contribution in [0.5, 0.6) is 11.5 Å². The van der Waals surface area contributed by atoms with Gasteiger partial charge in [0.1, 0.15) is 11.6 Å². The first-order valence-corrected chi connectivity index (χ1v) is 14.5. The van der Waals surface area contributed by atoms with Crippen LogP contribution in [0, 0.1) is 11.6 Å². The summed E-state index contributed by atoms with van der Waals surface area (Å²) >= 11 is 6.67. The van der Waals surface area contributed by atoms with Gasteiger partial charge in [0.2, 0.25) is 5.91 Å². The molecule has 8 nitrogen and oxygen atoms in total. The summed E-state index contributed by atoms with van der Waals surface area (Å²) < 4.78 is 39.9. The highest BCUT2D eigenvalue weighted by Crippen LogP contribution is 2.39. The summed E-state index contributed by atoms with van der Waals surface area (Å²) in [5.74, 6) is -0.900. The molecule has 0 aliphatic heterocycles. The Kier molecular flexibility index (Phi) is 9.95. The zero-order valence-corrected chi connectivity index (χ0v) is 24.7. The number of rotatable bonds is 11. The van der Waals surface area contributed by atoms with Gasteiger partial charge in [-0.25, -0.2) is 8.78 Å². The summed E-state index contributed by atoms with van der Waals surface area (Å²) in [6.07, 6.45) is 3.45. The van der Waals surface area contributed by atoms with Crippen LogP contribution >= 0.6 is 23.6 Å². The number of fused-ring (bicyclic) bond motifs is 1. The van der Waals surface area contributed by atoms with Crippen molar-refractivity contribution in [2.24, 2.45) is 0 Å². The first-order valence-electron chi connectivity index (χ1n) is 13.2. The van der Waals surface area contributed by atoms with Crippen molar-refractivity contribution in [3.63, 3.8) is 0 Å². The van der Waals surface area contributed by atoms with E-state index in [0.717, 1.165) is 32.9 Å². The van der Waals surface area contributed by atoms with Crippen molar-refractivity contribution in [2.45, 2.75) is 13.0 Å². The average molecular weight is 620 g/mol. The summed E-state index contributed by atoms with van der Waals surface area (Å²) in [6.45, 7) is 2.03. The fourth-order valence-corrected chi connectivity index (χ4v) is 5.39. The number of carbonyl (C=O) groups excluding carboxylic acids is 1. The molecule has 0 aliphatic carbocycles. The third-order valence-corrected chi connectivity index (χ3v) is 7.61. The molecule has 3 N–H and O–H groups in total. The van der Waals surface area contributed by atoms with Gasteiger partial charge in [0.15, 0.2) is 16.7 Å². The highest BCUT2D eigenvalue weighted by Gasteiger charge is 2.14. The van der Waals surface area contributed by atoms with Crippen LogP contribution in [0.1, 0.15) is 11.3 Å². The number of ether oxygens (including phenoxy) is 2. The van der Waals surface area contributed by atoms with Gasteiger partial charge in [-0.1, -0.05) is 18.2 Å². The SMILES string of the molecule is COCCNCc1ccc(-c2cc3nccc(Oc4ccc(NC(=S)NC(=O)Cc5ccc(F)cc5)cc4F)c3s2)cn1. The molecular weight excluding hydrogens is 593 g/mol. The zero-order chi connectivity index (χ0) is 30.2. The molecule has 0 unspecified atom stereocenters. The van der Waals surface area contributed by atoms with Gasteiger partial charge in [-0.15, -0.1) is 11.3 Å². The molecule has 0 saturated carbocycles. The molecule has 3 heterocycles. The highest BCUT2D eigenvalue weighted by atomic mass is 32.1. The second kappa shape index (κ2) is 14.2. The Morgan fingerprint density at radius 2 is 1.84 bits per heavy atom. The summed E-state index contributed by atoms with van der Waals surface area (Å²) in [5, 5.41) is 8.60. The molecule has 0 atom stereocenters. The number of halogens is 2. The number of anilines is 1. The van der Waals surface area contributed by atoms with Crippen LogP contribution in [0.3, 0.4) is 0 Å². The minimum Gasteiger partial charge on any atom is -0.453 e. The summed E-state index contributed by atoms with van der Waals surface area (Å²) in [6, 6.07) is 17.5. The number of nitrogens with one attached hydrogen (secondary N) is 3. The van der Waals surface area contributed by atoms with Crippen LogP contribution in [0.25, 0.3) is 20.7 Å². The van der Waals surface area contributed by atoms with Crippen molar-refractivity contribution in [3.8, 4) is 21.9 Å². The molecule has 220 valence electrons. The van der Waals surface area contributed by atoms with E-state index in [9.17, 15) is 9.18 Å². The maximum Gasteiger partial charge on any atom is 0.230 e. The van der Waals surface area contributed by atoms with Crippen molar-refractivity contribution in [1.29, 1.82) is 0 Å². The predicted octanol–water partition coefficient (Wildman–Crippen LogP) is 6.22. The Morgan fingerprint density at radius 1 is 1.00 bits per heavy atom. The maximum absolute atomic E-state index is 15.0. The number of aromatic nitrogens is 2. The first kappa shape index (κ1) is 30.1. The number of carbonyl (C=O) groups is 1. The van der Waals surface area contributed by atoms with Gasteiger partial charge in [-0.2, -0.15) is 0 Å². The van der Waals surface area contributed by atoms with Gasteiger partial charge >= 0.3 is 0 Å². The van der Waals surface area contributed by atoms with Crippen molar-refractivity contribution in [2.75, 3.05) is 25.6 Å². The number of methoxy groups -OCH3 is 1. The van der Waals surface area contributed by atoms with E-state index in [1.807, 2.05) is 24.4 Å². The average Bonchev–Trinajstić information content (AvgIpc) is 3.44. The second-order valence-electron chi connectivity index (χ2n) is 9.39. The molecule has 5 aromatic rings. The summed E-state index contributed by atoms with van der Waals surface area (Å²) in [4.78, 5) is 22.2. The standard InChI is InChI=1S/C31H27F2N5O3S2/c1-40-13-12-34-18-23-7-4-20(17-36-23)28-16-25-30(43-28)27(10-11-35-25)41-26-9-8-22(15-24(26)33)37-31(42)38-29(39)14-19-2-5-21(32)6-3-19/h2-11,15-17,34H,12-14,18H2,1H3,(H2,37,38,39,42). The molecule has 5 rings (SSSR count). The zero-order valence-electron chi connectivity index (χ0n) is 23.0.